The molecule has 0 amide bonds. The number of aryl methyl sites for hydroxylation is 1. The molecule has 4 heteroatoms. The van der Waals surface area contributed by atoms with Crippen LogP contribution in [0.3, 0.4) is 0 Å². The predicted molar refractivity (Wildman–Crippen MR) is 62.2 cm³/mol. The van der Waals surface area contributed by atoms with Crippen molar-refractivity contribution in [2.24, 2.45) is 0 Å². The first-order valence-corrected chi connectivity index (χ1v) is 5.46. The van der Waals surface area contributed by atoms with Crippen molar-refractivity contribution in [1.29, 1.82) is 0 Å². The van der Waals surface area contributed by atoms with Gasteiger partial charge in [-0.05, 0) is 24.2 Å². The number of fused-ring (bicyclic) bond motifs is 1. The lowest BCUT2D eigenvalue weighted by molar-refractivity contribution is 0.246. The Kier molecular flexibility index (Phi) is 3.22. The molecule has 1 atom stereocenters. The van der Waals surface area contributed by atoms with Gasteiger partial charge in [-0.1, -0.05) is 13.0 Å². The maximum Gasteiger partial charge on any atom is 0.192 e. The number of hydrogen-bond acceptors (Lipinski definition) is 4. The maximum atomic E-state index is 9.28. The third kappa shape index (κ3) is 2.08. The zero-order valence-corrected chi connectivity index (χ0v) is 9.53. The first-order valence-electron chi connectivity index (χ1n) is 5.46. The van der Waals surface area contributed by atoms with Crippen molar-refractivity contribution in [3.8, 4) is 0 Å². The summed E-state index contributed by atoms with van der Waals surface area (Å²) in [4.78, 5) is 4.27. The molecule has 0 fully saturated rings. The predicted octanol–water partition coefficient (Wildman–Crippen LogP) is 1.78. The number of aliphatic hydroxyl groups excluding tert-OH is 1. The van der Waals surface area contributed by atoms with E-state index in [1.54, 1.807) is 0 Å². The topological polar surface area (TPSA) is 58.3 Å². The number of benzene rings is 1. The molecule has 0 saturated heterocycles. The monoisotopic (exact) mass is 220 g/mol. The normalized spacial score (nSPS) is 13.2. The Morgan fingerprint density at radius 1 is 1.50 bits per heavy atom. The molecule has 86 valence electrons. The number of likely N-dealkylation sites (N-methyl/N-ethyl adjacent to an activating group) is 1. The molecule has 0 aliphatic carbocycles. The van der Waals surface area contributed by atoms with E-state index >= 15 is 0 Å². The van der Waals surface area contributed by atoms with E-state index in [0.29, 0.717) is 5.89 Å². The van der Waals surface area contributed by atoms with Crippen LogP contribution in [0, 0.1) is 6.92 Å². The van der Waals surface area contributed by atoms with Crippen molar-refractivity contribution in [2.75, 3.05) is 13.2 Å². The van der Waals surface area contributed by atoms with Crippen LogP contribution in [-0.4, -0.2) is 23.2 Å². The summed E-state index contributed by atoms with van der Waals surface area (Å²) in [7, 11) is 0. The van der Waals surface area contributed by atoms with Crippen molar-refractivity contribution in [3.05, 3.63) is 29.7 Å². The van der Waals surface area contributed by atoms with Crippen LogP contribution in [0.1, 0.15) is 24.4 Å². The number of rotatable bonds is 4. The molecule has 0 spiro atoms. The summed E-state index contributed by atoms with van der Waals surface area (Å²) in [5, 5.41) is 12.5. The standard InChI is InChI=1S/C12H16N2O2/c1-3-13-11(7-15)9-4-5-12-10(6-9)14-8(2)16-12/h4-6,11,13,15H,3,7H2,1-2H3. The van der Waals surface area contributed by atoms with Crippen LogP contribution in [-0.2, 0) is 0 Å². The van der Waals surface area contributed by atoms with Gasteiger partial charge in [0.25, 0.3) is 0 Å². The Morgan fingerprint density at radius 3 is 3.00 bits per heavy atom. The van der Waals surface area contributed by atoms with Gasteiger partial charge < -0.3 is 14.8 Å². The molecule has 0 radical (unpaired) electrons. The minimum Gasteiger partial charge on any atom is -0.441 e. The summed E-state index contributed by atoms with van der Waals surface area (Å²) in [6.45, 7) is 4.74. The molecule has 16 heavy (non-hydrogen) atoms. The summed E-state index contributed by atoms with van der Waals surface area (Å²) < 4.78 is 5.40. The first kappa shape index (κ1) is 11.1. The Labute approximate surface area is 94.3 Å². The van der Waals surface area contributed by atoms with E-state index in [1.807, 2.05) is 32.0 Å². The molecule has 1 aromatic carbocycles. The Balaban J connectivity index is 2.36. The average Bonchev–Trinajstić information content (AvgIpc) is 2.64. The van der Waals surface area contributed by atoms with Crippen LogP contribution in [0.25, 0.3) is 11.1 Å². The Bertz CT molecular complexity index is 479. The van der Waals surface area contributed by atoms with Gasteiger partial charge in [-0.25, -0.2) is 4.98 Å². The number of oxazole rings is 1. The molecule has 1 heterocycles. The number of nitrogens with zero attached hydrogens (tertiary/aromatic N) is 1. The molecule has 4 nitrogen and oxygen atoms in total. The molecule has 1 aromatic heterocycles. The van der Waals surface area contributed by atoms with Crippen LogP contribution in [0.15, 0.2) is 22.6 Å². The minimum absolute atomic E-state index is 0.0357. The van der Waals surface area contributed by atoms with Gasteiger partial charge in [-0.3, -0.25) is 0 Å². The fourth-order valence-electron chi connectivity index (χ4n) is 1.81. The number of aliphatic hydroxyl groups is 1. The van der Waals surface area contributed by atoms with E-state index in [1.165, 1.54) is 0 Å². The van der Waals surface area contributed by atoms with E-state index < -0.39 is 0 Å². The SMILES string of the molecule is CCNC(CO)c1ccc2oc(C)nc2c1. The molecule has 2 rings (SSSR count). The zero-order chi connectivity index (χ0) is 11.5. The van der Waals surface area contributed by atoms with Gasteiger partial charge in [0.2, 0.25) is 0 Å². The Morgan fingerprint density at radius 2 is 2.31 bits per heavy atom. The lowest BCUT2D eigenvalue weighted by atomic mass is 10.1. The summed E-state index contributed by atoms with van der Waals surface area (Å²) in [6.07, 6.45) is 0. The van der Waals surface area contributed by atoms with Crippen molar-refractivity contribution in [1.82, 2.24) is 10.3 Å². The van der Waals surface area contributed by atoms with Crippen molar-refractivity contribution >= 4 is 11.1 Å². The second-order valence-electron chi connectivity index (χ2n) is 3.75. The number of nitrogens with one attached hydrogen (secondary N) is 1. The van der Waals surface area contributed by atoms with Crippen LogP contribution in [0.2, 0.25) is 0 Å². The van der Waals surface area contributed by atoms with E-state index in [4.69, 9.17) is 4.42 Å². The van der Waals surface area contributed by atoms with Crippen molar-refractivity contribution in [3.63, 3.8) is 0 Å². The zero-order valence-electron chi connectivity index (χ0n) is 9.53. The van der Waals surface area contributed by atoms with Crippen LogP contribution in [0.5, 0.6) is 0 Å². The second kappa shape index (κ2) is 4.63. The highest BCUT2D eigenvalue weighted by molar-refractivity contribution is 5.73. The van der Waals surface area contributed by atoms with E-state index in [-0.39, 0.29) is 12.6 Å². The summed E-state index contributed by atoms with van der Waals surface area (Å²) in [5.74, 6) is 0.663. The second-order valence-corrected chi connectivity index (χ2v) is 3.75. The molecular formula is C12H16N2O2. The molecule has 0 aliphatic rings. The first-order chi connectivity index (χ1) is 7.74. The Hall–Kier alpha value is -1.39. The average molecular weight is 220 g/mol. The van der Waals surface area contributed by atoms with E-state index in [0.717, 1.165) is 23.2 Å². The highest BCUT2D eigenvalue weighted by atomic mass is 16.3. The highest BCUT2D eigenvalue weighted by Crippen LogP contribution is 2.20. The summed E-state index contributed by atoms with van der Waals surface area (Å²) >= 11 is 0. The largest absolute Gasteiger partial charge is 0.441 e. The van der Waals surface area contributed by atoms with Gasteiger partial charge in [0, 0.05) is 6.92 Å². The quantitative estimate of drug-likeness (QED) is 0.824. The van der Waals surface area contributed by atoms with Crippen LogP contribution in [0.4, 0.5) is 0 Å². The summed E-state index contributed by atoms with van der Waals surface area (Å²) in [6, 6.07) is 5.77. The van der Waals surface area contributed by atoms with Crippen molar-refractivity contribution < 1.29 is 9.52 Å². The number of hydrogen-bond donors (Lipinski definition) is 2. The van der Waals surface area contributed by atoms with Gasteiger partial charge in [-0.2, -0.15) is 0 Å². The van der Waals surface area contributed by atoms with Crippen molar-refractivity contribution in [2.45, 2.75) is 19.9 Å². The molecule has 0 saturated carbocycles. The highest BCUT2D eigenvalue weighted by Gasteiger charge is 2.11. The molecule has 2 N–H and O–H groups in total. The minimum atomic E-state index is -0.0357. The number of aromatic nitrogens is 1. The third-order valence-corrected chi connectivity index (χ3v) is 2.55. The summed E-state index contributed by atoms with van der Waals surface area (Å²) in [5.41, 5.74) is 2.66. The van der Waals surface area contributed by atoms with E-state index in [9.17, 15) is 5.11 Å². The van der Waals surface area contributed by atoms with E-state index in [2.05, 4.69) is 10.3 Å². The van der Waals surface area contributed by atoms with Crippen LogP contribution < -0.4 is 5.32 Å². The van der Waals surface area contributed by atoms with Gasteiger partial charge in [-0.15, -0.1) is 0 Å². The third-order valence-electron chi connectivity index (χ3n) is 2.55. The maximum absolute atomic E-state index is 9.28. The van der Waals surface area contributed by atoms with Gasteiger partial charge in [0.05, 0.1) is 12.6 Å². The molecular weight excluding hydrogens is 204 g/mol. The van der Waals surface area contributed by atoms with Gasteiger partial charge in [0.15, 0.2) is 11.5 Å². The fourth-order valence-corrected chi connectivity index (χ4v) is 1.81. The molecule has 0 bridgehead atoms. The lowest BCUT2D eigenvalue weighted by Gasteiger charge is -2.14. The van der Waals surface area contributed by atoms with Gasteiger partial charge >= 0.3 is 0 Å². The lowest BCUT2D eigenvalue weighted by Crippen LogP contribution is -2.23. The smallest absolute Gasteiger partial charge is 0.192 e. The molecule has 2 aromatic rings. The van der Waals surface area contributed by atoms with Gasteiger partial charge in [0.1, 0.15) is 5.52 Å². The molecule has 1 unspecified atom stereocenters. The van der Waals surface area contributed by atoms with Crippen LogP contribution >= 0.6 is 0 Å². The fraction of sp³-hybridized carbons (Fsp3) is 0.417. The molecule has 0 aliphatic heterocycles.